The second-order valence-corrected chi connectivity index (χ2v) is 7.47. The second kappa shape index (κ2) is 8.50. The summed E-state index contributed by atoms with van der Waals surface area (Å²) in [5, 5.41) is 17.4. The molecular weight excluding hydrogens is 406 g/mol. The molecule has 1 aliphatic heterocycles. The van der Waals surface area contributed by atoms with Gasteiger partial charge in [0.25, 0.3) is 0 Å². The molecular formula is C20H20ClN7O2. The zero-order chi connectivity index (χ0) is 21.1. The maximum atomic E-state index is 12.9. The van der Waals surface area contributed by atoms with Gasteiger partial charge in [-0.25, -0.2) is 9.48 Å². The molecule has 0 spiro atoms. The summed E-state index contributed by atoms with van der Waals surface area (Å²) in [6.07, 6.45) is 2.88. The van der Waals surface area contributed by atoms with Gasteiger partial charge in [-0.15, -0.1) is 5.10 Å². The number of rotatable bonds is 4. The summed E-state index contributed by atoms with van der Waals surface area (Å²) in [7, 11) is 0. The van der Waals surface area contributed by atoms with E-state index in [0.717, 1.165) is 17.7 Å². The molecule has 1 atom stereocenters. The fraction of sp³-hybridized carbons (Fsp3) is 0.250. The number of likely N-dealkylation sites (tertiary alicyclic amines) is 1. The van der Waals surface area contributed by atoms with Crippen molar-refractivity contribution in [2.75, 3.05) is 17.2 Å². The molecule has 10 heteroatoms. The third-order valence-electron chi connectivity index (χ3n) is 4.95. The number of aryl methyl sites for hydroxylation is 1. The summed E-state index contributed by atoms with van der Waals surface area (Å²) in [5.74, 6) is -0.219. The molecule has 154 valence electrons. The average Bonchev–Trinajstić information content (AvgIpc) is 3.40. The molecule has 2 heterocycles. The van der Waals surface area contributed by atoms with Crippen LogP contribution in [0.25, 0.3) is 5.69 Å². The Balaban J connectivity index is 1.43. The lowest BCUT2D eigenvalue weighted by Gasteiger charge is -2.24. The number of halogens is 1. The number of aromatic nitrogens is 4. The predicted octanol–water partition coefficient (Wildman–Crippen LogP) is 3.26. The number of urea groups is 1. The van der Waals surface area contributed by atoms with Gasteiger partial charge in [-0.3, -0.25) is 4.79 Å². The van der Waals surface area contributed by atoms with E-state index in [4.69, 9.17) is 11.6 Å². The SMILES string of the molecule is Cc1cc(NC(=O)[C@@H]2CCCN2C(=O)Nc2cccc(Cl)c2)ccc1-n1cnnn1. The van der Waals surface area contributed by atoms with Crippen LogP contribution in [0.2, 0.25) is 5.02 Å². The quantitative estimate of drug-likeness (QED) is 0.667. The summed E-state index contributed by atoms with van der Waals surface area (Å²) in [5.41, 5.74) is 2.97. The summed E-state index contributed by atoms with van der Waals surface area (Å²) in [4.78, 5) is 27.1. The summed E-state index contributed by atoms with van der Waals surface area (Å²) < 4.78 is 1.56. The Kier molecular flexibility index (Phi) is 5.62. The highest BCUT2D eigenvalue weighted by Gasteiger charge is 2.34. The largest absolute Gasteiger partial charge is 0.324 e. The summed E-state index contributed by atoms with van der Waals surface area (Å²) >= 11 is 5.97. The molecule has 3 amide bonds. The van der Waals surface area contributed by atoms with Gasteiger partial charge in [-0.05, 0) is 72.2 Å². The monoisotopic (exact) mass is 425 g/mol. The molecule has 3 aromatic rings. The minimum absolute atomic E-state index is 0.219. The first-order valence-electron chi connectivity index (χ1n) is 9.49. The number of anilines is 2. The fourth-order valence-corrected chi connectivity index (χ4v) is 3.72. The first-order valence-corrected chi connectivity index (χ1v) is 9.87. The molecule has 30 heavy (non-hydrogen) atoms. The van der Waals surface area contributed by atoms with Crippen molar-refractivity contribution in [2.45, 2.75) is 25.8 Å². The molecule has 0 saturated carbocycles. The highest BCUT2D eigenvalue weighted by atomic mass is 35.5. The molecule has 4 rings (SSSR count). The van der Waals surface area contributed by atoms with Crippen molar-refractivity contribution in [2.24, 2.45) is 0 Å². The van der Waals surface area contributed by atoms with Crippen LogP contribution in [0.15, 0.2) is 48.8 Å². The number of amides is 3. The minimum Gasteiger partial charge on any atom is -0.324 e. The molecule has 0 bridgehead atoms. The van der Waals surface area contributed by atoms with Crippen LogP contribution in [0.3, 0.4) is 0 Å². The Morgan fingerprint density at radius 3 is 2.70 bits per heavy atom. The Morgan fingerprint density at radius 2 is 1.97 bits per heavy atom. The van der Waals surface area contributed by atoms with Crippen molar-refractivity contribution < 1.29 is 9.59 Å². The van der Waals surface area contributed by atoms with E-state index in [1.165, 1.54) is 6.33 Å². The number of carbonyl (C=O) groups excluding carboxylic acids is 2. The molecule has 0 radical (unpaired) electrons. The van der Waals surface area contributed by atoms with Crippen LogP contribution in [0.4, 0.5) is 16.2 Å². The van der Waals surface area contributed by atoms with E-state index in [9.17, 15) is 9.59 Å². The number of carbonyl (C=O) groups is 2. The lowest BCUT2D eigenvalue weighted by atomic mass is 10.1. The Hall–Kier alpha value is -3.46. The van der Waals surface area contributed by atoms with Crippen molar-refractivity contribution >= 4 is 34.9 Å². The van der Waals surface area contributed by atoms with Crippen LogP contribution in [-0.2, 0) is 4.79 Å². The molecule has 1 saturated heterocycles. The summed E-state index contributed by atoms with van der Waals surface area (Å²) in [6.45, 7) is 2.43. The van der Waals surface area contributed by atoms with E-state index < -0.39 is 6.04 Å². The van der Waals surface area contributed by atoms with Gasteiger partial charge in [-0.2, -0.15) is 0 Å². The van der Waals surface area contributed by atoms with Crippen molar-refractivity contribution in [3.8, 4) is 5.69 Å². The van der Waals surface area contributed by atoms with Gasteiger partial charge in [0.2, 0.25) is 5.91 Å². The van der Waals surface area contributed by atoms with Gasteiger partial charge in [-0.1, -0.05) is 17.7 Å². The fourth-order valence-electron chi connectivity index (χ4n) is 3.53. The number of nitrogens with zero attached hydrogens (tertiary/aromatic N) is 5. The number of nitrogens with one attached hydrogen (secondary N) is 2. The van der Waals surface area contributed by atoms with E-state index in [2.05, 4.69) is 26.2 Å². The maximum absolute atomic E-state index is 12.9. The number of benzene rings is 2. The highest BCUT2D eigenvalue weighted by Crippen LogP contribution is 2.23. The predicted molar refractivity (Wildman–Crippen MR) is 113 cm³/mol. The van der Waals surface area contributed by atoms with Crippen molar-refractivity contribution in [1.82, 2.24) is 25.1 Å². The van der Waals surface area contributed by atoms with E-state index in [-0.39, 0.29) is 11.9 Å². The van der Waals surface area contributed by atoms with Crippen LogP contribution in [-0.4, -0.2) is 49.6 Å². The van der Waals surface area contributed by atoms with Crippen LogP contribution in [0.1, 0.15) is 18.4 Å². The van der Waals surface area contributed by atoms with Gasteiger partial charge in [0.1, 0.15) is 12.4 Å². The van der Waals surface area contributed by atoms with Gasteiger partial charge in [0.15, 0.2) is 0 Å². The van der Waals surface area contributed by atoms with E-state index in [1.807, 2.05) is 19.1 Å². The first-order chi connectivity index (χ1) is 14.5. The molecule has 0 unspecified atom stereocenters. The zero-order valence-electron chi connectivity index (χ0n) is 16.2. The molecule has 2 aromatic carbocycles. The zero-order valence-corrected chi connectivity index (χ0v) is 17.0. The van der Waals surface area contributed by atoms with Crippen LogP contribution in [0.5, 0.6) is 0 Å². The normalized spacial score (nSPS) is 15.8. The molecule has 9 nitrogen and oxygen atoms in total. The van der Waals surface area contributed by atoms with E-state index in [1.54, 1.807) is 39.9 Å². The molecule has 0 aliphatic carbocycles. The topological polar surface area (TPSA) is 105 Å². The van der Waals surface area contributed by atoms with Crippen molar-refractivity contribution in [3.63, 3.8) is 0 Å². The summed E-state index contributed by atoms with van der Waals surface area (Å²) in [6, 6.07) is 11.5. The van der Waals surface area contributed by atoms with Gasteiger partial charge >= 0.3 is 6.03 Å². The maximum Gasteiger partial charge on any atom is 0.322 e. The Bertz CT molecular complexity index is 1070. The number of tetrazole rings is 1. The van der Waals surface area contributed by atoms with Gasteiger partial charge in [0, 0.05) is 22.9 Å². The standard InChI is InChI=1S/C20H20ClN7O2/c1-13-10-16(7-8-17(13)28-12-22-25-26-28)23-19(29)18-6-3-9-27(18)20(30)24-15-5-2-4-14(21)11-15/h2,4-5,7-8,10-12,18H,3,6,9H2,1H3,(H,23,29)(H,24,30)/t18-/m0/s1. The number of hydrogen-bond donors (Lipinski definition) is 2. The van der Waals surface area contributed by atoms with Crippen LogP contribution >= 0.6 is 11.6 Å². The molecule has 1 aromatic heterocycles. The first kappa shape index (κ1) is 19.8. The number of hydrogen-bond acceptors (Lipinski definition) is 5. The molecule has 1 aliphatic rings. The van der Waals surface area contributed by atoms with E-state index in [0.29, 0.717) is 29.4 Å². The van der Waals surface area contributed by atoms with Crippen molar-refractivity contribution in [1.29, 1.82) is 0 Å². The van der Waals surface area contributed by atoms with Gasteiger partial charge < -0.3 is 15.5 Å². The third-order valence-corrected chi connectivity index (χ3v) is 5.19. The Morgan fingerprint density at radius 1 is 1.13 bits per heavy atom. The lowest BCUT2D eigenvalue weighted by Crippen LogP contribution is -2.45. The van der Waals surface area contributed by atoms with Crippen LogP contribution < -0.4 is 10.6 Å². The lowest BCUT2D eigenvalue weighted by molar-refractivity contribution is -0.119. The van der Waals surface area contributed by atoms with Crippen LogP contribution in [0, 0.1) is 6.92 Å². The average molecular weight is 426 g/mol. The second-order valence-electron chi connectivity index (χ2n) is 7.04. The highest BCUT2D eigenvalue weighted by molar-refractivity contribution is 6.30. The molecule has 2 N–H and O–H groups in total. The smallest absolute Gasteiger partial charge is 0.322 e. The van der Waals surface area contributed by atoms with Gasteiger partial charge in [0.05, 0.1) is 5.69 Å². The van der Waals surface area contributed by atoms with Crippen molar-refractivity contribution in [3.05, 3.63) is 59.4 Å². The third kappa shape index (κ3) is 4.25. The molecule has 1 fully saturated rings. The Labute approximate surface area is 178 Å². The minimum atomic E-state index is -0.538. The van der Waals surface area contributed by atoms with E-state index >= 15 is 0 Å².